The van der Waals surface area contributed by atoms with Gasteiger partial charge in [0.05, 0.1) is 11.6 Å². The molecule has 9 heteroatoms. The number of anilines is 1. The Morgan fingerprint density at radius 1 is 1.24 bits per heavy atom. The summed E-state index contributed by atoms with van der Waals surface area (Å²) in [6.45, 7) is 0.0156. The van der Waals surface area contributed by atoms with Gasteiger partial charge in [-0.15, -0.1) is 0 Å². The number of aliphatic hydroxyl groups excluding tert-OH is 1. The molecule has 1 fully saturated rings. The molecule has 34 heavy (non-hydrogen) atoms. The third-order valence-electron chi connectivity index (χ3n) is 6.40. The number of nitrogens with two attached hydrogens (primary N) is 1. The van der Waals surface area contributed by atoms with Gasteiger partial charge in [0.2, 0.25) is 0 Å². The minimum absolute atomic E-state index is 0.00106. The number of imidazole rings is 1. The number of aromatic nitrogens is 3. The number of aliphatic hydroxyl groups is 1. The quantitative estimate of drug-likeness (QED) is 0.408. The zero-order valence-corrected chi connectivity index (χ0v) is 18.7. The maximum Gasteiger partial charge on any atom is 0.184 e. The molecule has 4 aromatic rings. The number of hydrogen-bond donors (Lipinski definition) is 2. The summed E-state index contributed by atoms with van der Waals surface area (Å²) < 4.78 is 27.7. The largest absolute Gasteiger partial charge is 0.488 e. The minimum Gasteiger partial charge on any atom is -0.488 e. The first kappa shape index (κ1) is 20.9. The first-order chi connectivity index (χ1) is 16.5. The number of fused-ring (bicyclic) bond motifs is 3. The Hall–Kier alpha value is -3.62. The molecule has 1 aliphatic carbocycles. The molecule has 3 aliphatic rings. The SMILES string of the molecule is Nc1nccn2c(C3=C4CC(CO)(CC3)O4)nc(-c3ccc(Oc4cccc(Cl)c4F)cc3)c12. The van der Waals surface area contributed by atoms with Gasteiger partial charge < -0.3 is 20.3 Å². The Kier molecular flexibility index (Phi) is 4.75. The van der Waals surface area contributed by atoms with E-state index in [9.17, 15) is 9.50 Å². The number of nitrogens with zero attached hydrogens (tertiary/aromatic N) is 3. The number of benzene rings is 2. The molecule has 172 valence electrons. The highest BCUT2D eigenvalue weighted by Crippen LogP contribution is 2.50. The van der Waals surface area contributed by atoms with Crippen molar-refractivity contribution in [2.75, 3.05) is 12.3 Å². The first-order valence-corrected chi connectivity index (χ1v) is 11.2. The Labute approximate surface area is 199 Å². The number of allylic oxidation sites excluding steroid dienone is 1. The molecule has 2 aromatic heterocycles. The van der Waals surface area contributed by atoms with Crippen LogP contribution < -0.4 is 10.5 Å². The van der Waals surface area contributed by atoms with Crippen LogP contribution >= 0.6 is 11.6 Å². The van der Waals surface area contributed by atoms with E-state index in [2.05, 4.69) is 4.98 Å². The van der Waals surface area contributed by atoms with Crippen LogP contribution in [-0.4, -0.2) is 31.7 Å². The predicted molar refractivity (Wildman–Crippen MR) is 126 cm³/mol. The van der Waals surface area contributed by atoms with E-state index >= 15 is 0 Å². The molecule has 1 saturated heterocycles. The number of hydrogen-bond acceptors (Lipinski definition) is 6. The highest BCUT2D eigenvalue weighted by Gasteiger charge is 2.48. The van der Waals surface area contributed by atoms with Crippen molar-refractivity contribution in [2.24, 2.45) is 0 Å². The molecule has 7 nitrogen and oxygen atoms in total. The number of ether oxygens (including phenoxy) is 2. The Bertz CT molecular complexity index is 1460. The summed E-state index contributed by atoms with van der Waals surface area (Å²) in [7, 11) is 0. The molecule has 1 unspecified atom stereocenters. The van der Waals surface area contributed by atoms with Gasteiger partial charge in [-0.2, -0.15) is 0 Å². The van der Waals surface area contributed by atoms with Crippen molar-refractivity contribution in [3.63, 3.8) is 0 Å². The Balaban J connectivity index is 1.38. The summed E-state index contributed by atoms with van der Waals surface area (Å²) >= 11 is 5.84. The fraction of sp³-hybridized carbons (Fsp3) is 0.200. The molecule has 1 atom stereocenters. The van der Waals surface area contributed by atoms with Crippen LogP contribution in [0.5, 0.6) is 11.5 Å². The maximum atomic E-state index is 14.2. The van der Waals surface area contributed by atoms with Gasteiger partial charge in [-0.1, -0.05) is 17.7 Å². The fourth-order valence-corrected chi connectivity index (χ4v) is 4.76. The number of halogens is 2. The summed E-state index contributed by atoms with van der Waals surface area (Å²) in [5.74, 6) is 1.87. The smallest absolute Gasteiger partial charge is 0.184 e. The molecule has 2 aliphatic heterocycles. The van der Waals surface area contributed by atoms with Crippen LogP contribution in [-0.2, 0) is 4.74 Å². The zero-order valence-electron chi connectivity index (χ0n) is 18.0. The van der Waals surface area contributed by atoms with Crippen LogP contribution in [0.25, 0.3) is 22.3 Å². The van der Waals surface area contributed by atoms with Crippen LogP contribution in [0.3, 0.4) is 0 Å². The van der Waals surface area contributed by atoms with Crippen molar-refractivity contribution in [3.05, 3.63) is 77.3 Å². The second-order valence-electron chi connectivity index (χ2n) is 8.52. The van der Waals surface area contributed by atoms with Gasteiger partial charge in [0.25, 0.3) is 0 Å². The monoisotopic (exact) mass is 478 g/mol. The molecule has 0 amide bonds. The molecule has 7 rings (SSSR count). The van der Waals surface area contributed by atoms with Gasteiger partial charge in [-0.3, -0.25) is 4.40 Å². The topological polar surface area (TPSA) is 94.9 Å². The Morgan fingerprint density at radius 3 is 2.74 bits per heavy atom. The summed E-state index contributed by atoms with van der Waals surface area (Å²) in [4.78, 5) is 9.19. The van der Waals surface area contributed by atoms with Gasteiger partial charge in [-0.05, 0) is 49.2 Å². The minimum atomic E-state index is -0.609. The third-order valence-corrected chi connectivity index (χ3v) is 6.69. The zero-order chi connectivity index (χ0) is 23.4. The average molecular weight is 479 g/mol. The van der Waals surface area contributed by atoms with E-state index in [1.165, 1.54) is 12.1 Å². The van der Waals surface area contributed by atoms with E-state index in [1.54, 1.807) is 24.4 Å². The molecule has 0 radical (unpaired) electrons. The van der Waals surface area contributed by atoms with Gasteiger partial charge in [0.1, 0.15) is 40.0 Å². The average Bonchev–Trinajstić information content (AvgIpc) is 3.23. The van der Waals surface area contributed by atoms with Crippen LogP contribution in [0, 0.1) is 5.82 Å². The molecule has 3 N–H and O–H groups in total. The van der Waals surface area contributed by atoms with Crippen molar-refractivity contribution in [1.29, 1.82) is 0 Å². The van der Waals surface area contributed by atoms with Gasteiger partial charge >= 0.3 is 0 Å². The van der Waals surface area contributed by atoms with Crippen molar-refractivity contribution < 1.29 is 19.0 Å². The lowest BCUT2D eigenvalue weighted by atomic mass is 9.79. The molecular formula is C25H20ClFN4O3. The van der Waals surface area contributed by atoms with Crippen LogP contribution in [0.2, 0.25) is 5.02 Å². The van der Waals surface area contributed by atoms with Crippen LogP contribution in [0.4, 0.5) is 10.2 Å². The normalized spacial score (nSPS) is 19.1. The van der Waals surface area contributed by atoms with Crippen molar-refractivity contribution >= 4 is 28.5 Å². The molecular weight excluding hydrogens is 459 g/mol. The lowest BCUT2D eigenvalue weighted by Gasteiger charge is -2.48. The first-order valence-electron chi connectivity index (χ1n) is 10.9. The van der Waals surface area contributed by atoms with E-state index in [4.69, 9.17) is 31.8 Å². The summed E-state index contributed by atoms with van der Waals surface area (Å²) in [6, 6.07) is 11.8. The van der Waals surface area contributed by atoms with E-state index in [0.717, 1.165) is 35.6 Å². The number of rotatable bonds is 5. The third kappa shape index (κ3) is 3.21. The van der Waals surface area contributed by atoms with Crippen molar-refractivity contribution in [2.45, 2.75) is 24.9 Å². The summed E-state index contributed by atoms with van der Waals surface area (Å²) in [6.07, 6.45) is 5.67. The standard InChI is InChI=1S/C25H20ClFN4O3/c26-17-2-1-3-18(20(17)27)33-15-6-4-14(5-7-15)21-22-23(28)29-10-11-31(22)24(30-21)16-8-9-25(13-32)12-19(16)34-25/h1-7,10-11,32H,8-9,12-13H2,(H2,28,29). The van der Waals surface area contributed by atoms with Crippen LogP contribution in [0.1, 0.15) is 25.1 Å². The van der Waals surface area contributed by atoms with Gasteiger partial charge in [0.15, 0.2) is 11.6 Å². The van der Waals surface area contributed by atoms with E-state index < -0.39 is 11.4 Å². The van der Waals surface area contributed by atoms with Gasteiger partial charge in [0, 0.05) is 30.0 Å². The Morgan fingerprint density at radius 2 is 2.03 bits per heavy atom. The fourth-order valence-electron chi connectivity index (χ4n) is 4.60. The molecule has 2 bridgehead atoms. The van der Waals surface area contributed by atoms with E-state index in [0.29, 0.717) is 29.2 Å². The number of nitrogen functional groups attached to an aromatic ring is 1. The van der Waals surface area contributed by atoms with E-state index in [1.807, 2.05) is 22.7 Å². The highest BCUT2D eigenvalue weighted by molar-refractivity contribution is 6.30. The lowest BCUT2D eigenvalue weighted by molar-refractivity contribution is -0.129. The van der Waals surface area contributed by atoms with Crippen molar-refractivity contribution in [1.82, 2.24) is 14.4 Å². The summed E-state index contributed by atoms with van der Waals surface area (Å²) in [5.41, 5.74) is 9.01. The summed E-state index contributed by atoms with van der Waals surface area (Å²) in [5, 5.41) is 9.62. The molecule has 2 aromatic carbocycles. The predicted octanol–water partition coefficient (Wildman–Crippen LogP) is 5.22. The highest BCUT2D eigenvalue weighted by atomic mass is 35.5. The molecule has 0 spiro atoms. The second kappa shape index (κ2) is 7.72. The maximum absolute atomic E-state index is 14.2. The lowest BCUT2D eigenvalue weighted by Crippen LogP contribution is -2.48. The van der Waals surface area contributed by atoms with E-state index in [-0.39, 0.29) is 17.4 Å². The van der Waals surface area contributed by atoms with Crippen molar-refractivity contribution in [3.8, 4) is 22.8 Å². The second-order valence-corrected chi connectivity index (χ2v) is 8.92. The molecule has 0 saturated carbocycles. The molecule has 4 heterocycles. The van der Waals surface area contributed by atoms with Crippen LogP contribution in [0.15, 0.2) is 60.6 Å². The van der Waals surface area contributed by atoms with Gasteiger partial charge in [-0.25, -0.2) is 14.4 Å².